The monoisotopic (exact) mass is 1720 g/mol. The molecular weight excluding hydrogens is 1550 g/mol. The molecule has 0 unspecified atom stereocenters. The summed E-state index contributed by atoms with van der Waals surface area (Å²) < 4.78 is 32.0. The highest BCUT2D eigenvalue weighted by molar-refractivity contribution is 14.1. The molecule has 1 aliphatic heterocycles. The van der Waals surface area contributed by atoms with E-state index < -0.39 is 18.2 Å². The first-order valence-electron chi connectivity index (χ1n) is 44.1. The summed E-state index contributed by atoms with van der Waals surface area (Å²) in [6, 6.07) is 0. The Morgan fingerprint density at radius 1 is 0.343 bits per heavy atom. The Hall–Kier alpha value is -2.42. The second kappa shape index (κ2) is 92.2. The van der Waals surface area contributed by atoms with Crippen molar-refractivity contribution in [3.8, 4) is 0 Å². The summed E-state index contributed by atoms with van der Waals surface area (Å²) in [6.07, 6.45) is 78.0. The van der Waals surface area contributed by atoms with E-state index in [1.165, 1.54) is 295 Å². The average molecular weight is 1720 g/mol. The molecule has 15 nitrogen and oxygen atoms in total. The Kier molecular flexibility index (Phi) is 93.7. The quantitative estimate of drug-likeness (QED) is 0.0114. The fraction of sp³-hybridized carbons (Fsp3) is 0.909. The van der Waals surface area contributed by atoms with Gasteiger partial charge in [0, 0.05) is 44.9 Å². The molecule has 1 saturated carbocycles. The number of ether oxygens (including phenoxy) is 6. The molecule has 0 amide bonds. The lowest BCUT2D eigenvalue weighted by atomic mass is 10.0. The van der Waals surface area contributed by atoms with E-state index in [2.05, 4.69) is 27.7 Å². The zero-order valence-corrected chi connectivity index (χ0v) is 72.8. The van der Waals surface area contributed by atoms with E-state index in [-0.39, 0.29) is 60.7 Å². The van der Waals surface area contributed by atoms with Crippen molar-refractivity contribution in [1.82, 2.24) is 0 Å². The van der Waals surface area contributed by atoms with Crippen LogP contribution < -0.4 is 0 Å². The second-order valence-electron chi connectivity index (χ2n) is 29.8. The molecule has 0 aromatic carbocycles. The number of aliphatic hydroxyl groups is 1. The minimum absolute atomic E-state index is 0.0188. The van der Waals surface area contributed by atoms with Gasteiger partial charge in [-0.2, -0.15) is 0 Å². The van der Waals surface area contributed by atoms with Crippen LogP contribution in [0.1, 0.15) is 458 Å². The van der Waals surface area contributed by atoms with E-state index in [1.54, 1.807) is 0 Å². The highest BCUT2D eigenvalue weighted by atomic mass is 127. The largest absolute Gasteiger partial charge is 0.466 e. The van der Waals surface area contributed by atoms with Gasteiger partial charge in [-0.3, -0.25) is 33.6 Å². The molecule has 0 atom stereocenters. The number of cyclic esters (lactones) is 1. The van der Waals surface area contributed by atoms with E-state index in [0.29, 0.717) is 48.9 Å². The summed E-state index contributed by atoms with van der Waals surface area (Å²) in [6.45, 7) is 9.30. The number of rotatable bonds is 67. The fourth-order valence-corrected chi connectivity index (χ4v) is 12.9. The number of ketones is 1. The van der Waals surface area contributed by atoms with Gasteiger partial charge in [0.1, 0.15) is 44.6 Å². The van der Waals surface area contributed by atoms with Gasteiger partial charge in [-0.1, -0.05) is 407 Å². The Morgan fingerprint density at radius 3 is 0.819 bits per heavy atom. The van der Waals surface area contributed by atoms with Crippen molar-refractivity contribution in [2.75, 3.05) is 41.9 Å². The molecule has 0 radical (unpaired) electrons. The van der Waals surface area contributed by atoms with Crippen molar-refractivity contribution in [1.29, 1.82) is 0 Å². The van der Waals surface area contributed by atoms with Crippen molar-refractivity contribution < 1.29 is 71.9 Å². The van der Waals surface area contributed by atoms with Crippen LogP contribution in [-0.2, 0) is 66.8 Å². The number of esters is 6. The molecule has 0 aromatic heterocycles. The van der Waals surface area contributed by atoms with E-state index in [4.69, 9.17) is 33.2 Å². The minimum atomic E-state index is -0.953. The molecule has 1 N–H and O–H groups in total. The van der Waals surface area contributed by atoms with Gasteiger partial charge < -0.3 is 38.3 Å². The maximum atomic E-state index is 12.2. The molecule has 0 aromatic rings. The summed E-state index contributed by atoms with van der Waals surface area (Å²) in [5.74, 6) is -1.09. The van der Waals surface area contributed by atoms with Gasteiger partial charge in [-0.15, -0.1) is 0 Å². The third-order valence-electron chi connectivity index (χ3n) is 19.3. The number of aliphatic hydroxyl groups excluding tert-OH is 1. The first-order chi connectivity index (χ1) is 51.3. The van der Waals surface area contributed by atoms with Gasteiger partial charge in [0.2, 0.25) is 0 Å². The molecular formula is C88H164I2O15. The van der Waals surface area contributed by atoms with Gasteiger partial charge in [-0.05, 0) is 51.4 Å². The fourth-order valence-electron chi connectivity index (χ4n) is 12.7. The van der Waals surface area contributed by atoms with Crippen molar-refractivity contribution in [3.05, 3.63) is 0 Å². The third kappa shape index (κ3) is 93.9. The van der Waals surface area contributed by atoms with Crippen molar-refractivity contribution >= 4 is 93.1 Å². The van der Waals surface area contributed by atoms with Gasteiger partial charge in [0.25, 0.3) is 0 Å². The SMILES string of the molecule is CCCCCCCCCCCCCCCC(=O)OCC(COC(=O)CCCCCCCCCCCCCCC)OC(=O)CI.CCCCCCCCCCCCCCCC(=O)OCC(O)COC(=O)CCCCCCCCCCCCCCC.O=C1CCCCCC1.O=C1CCCCCCO1.O=CCI. The van der Waals surface area contributed by atoms with Crippen molar-refractivity contribution in [3.63, 3.8) is 0 Å². The number of unbranched alkanes of at least 4 members (excludes halogenated alkanes) is 48. The summed E-state index contributed by atoms with van der Waals surface area (Å²) >= 11 is 3.91. The zero-order chi connectivity index (χ0) is 77.5. The molecule has 17 heteroatoms. The number of alkyl halides is 2. The van der Waals surface area contributed by atoms with Gasteiger partial charge in [0.15, 0.2) is 6.10 Å². The Balaban J connectivity index is -0.00000154. The van der Waals surface area contributed by atoms with Crippen LogP contribution in [0.3, 0.4) is 0 Å². The molecule has 0 spiro atoms. The van der Waals surface area contributed by atoms with Crippen LogP contribution in [0.4, 0.5) is 0 Å². The highest BCUT2D eigenvalue weighted by Gasteiger charge is 2.20. The van der Waals surface area contributed by atoms with Gasteiger partial charge in [-0.25, -0.2) is 0 Å². The highest BCUT2D eigenvalue weighted by Crippen LogP contribution is 2.20. The first kappa shape index (κ1) is 107. The van der Waals surface area contributed by atoms with Crippen LogP contribution in [0.25, 0.3) is 0 Å². The lowest BCUT2D eigenvalue weighted by Crippen LogP contribution is -2.31. The number of carbonyl (C=O) groups excluding carboxylic acids is 8. The van der Waals surface area contributed by atoms with Crippen molar-refractivity contribution in [2.24, 2.45) is 0 Å². The number of aldehydes is 1. The van der Waals surface area contributed by atoms with E-state index in [1.807, 2.05) is 45.2 Å². The second-order valence-corrected chi connectivity index (χ2v) is 31.4. The van der Waals surface area contributed by atoms with Crippen LogP contribution in [0.5, 0.6) is 0 Å². The Bertz CT molecular complexity index is 1780. The molecule has 105 heavy (non-hydrogen) atoms. The third-order valence-corrected chi connectivity index (χ3v) is 20.3. The lowest BCUT2D eigenvalue weighted by Gasteiger charge is -2.17. The Morgan fingerprint density at radius 2 is 0.571 bits per heavy atom. The zero-order valence-electron chi connectivity index (χ0n) is 68.5. The van der Waals surface area contributed by atoms with E-state index in [9.17, 15) is 38.7 Å². The maximum Gasteiger partial charge on any atom is 0.316 e. The molecule has 1 heterocycles. The smallest absolute Gasteiger partial charge is 0.316 e. The van der Waals surface area contributed by atoms with E-state index in [0.717, 1.165) is 109 Å². The summed E-state index contributed by atoms with van der Waals surface area (Å²) in [4.78, 5) is 90.5. The van der Waals surface area contributed by atoms with Crippen LogP contribution in [-0.4, -0.2) is 107 Å². The molecule has 1 saturated heterocycles. The maximum absolute atomic E-state index is 12.2. The van der Waals surface area contributed by atoms with Crippen molar-refractivity contribution in [2.45, 2.75) is 470 Å². The lowest BCUT2D eigenvalue weighted by molar-refractivity contribution is -0.165. The van der Waals surface area contributed by atoms with Crippen LogP contribution in [0.2, 0.25) is 0 Å². The number of hydrogen-bond acceptors (Lipinski definition) is 15. The molecule has 0 bridgehead atoms. The van der Waals surface area contributed by atoms with Gasteiger partial charge >= 0.3 is 35.8 Å². The predicted molar refractivity (Wildman–Crippen MR) is 452 cm³/mol. The van der Waals surface area contributed by atoms with Gasteiger partial charge in [0.05, 0.1) is 15.5 Å². The summed E-state index contributed by atoms with van der Waals surface area (Å²) in [5.41, 5.74) is 0. The van der Waals surface area contributed by atoms with Crippen LogP contribution >= 0.6 is 45.2 Å². The minimum Gasteiger partial charge on any atom is -0.466 e. The summed E-state index contributed by atoms with van der Waals surface area (Å²) in [5, 5.41) is 9.96. The first-order valence-corrected chi connectivity index (χ1v) is 47.1. The number of carbonyl (C=O) groups is 8. The molecule has 2 rings (SSSR count). The topological polar surface area (TPSA) is 212 Å². The normalized spacial score (nSPS) is 12.8. The molecule has 1 aliphatic carbocycles. The Labute approximate surface area is 672 Å². The number of halogens is 2. The average Bonchev–Trinajstić information content (AvgIpc) is 1.43. The van der Waals surface area contributed by atoms with Crippen LogP contribution in [0, 0.1) is 0 Å². The van der Waals surface area contributed by atoms with Crippen LogP contribution in [0.15, 0.2) is 0 Å². The standard InChI is InChI=1S/C37H69IO6.C35H68O5.C7H12O2.C7H12O.C2H3IO/c1-3-5-7-9-11-13-15-17-19-21-23-25-27-29-35(39)42-32-34(44-37(41)31-38)33-43-36(40)30-28-26-24-22-20-18-16-14-12-10-8-6-4-2;1-3-5-7-9-11-13-15-17-19-21-23-25-27-29-34(37)39-31-33(36)32-40-35(38)30-28-26-24-22-20-18-16-14-12-10-8-6-4-2;8-7-5-3-1-2-4-6-9-7;8-7-5-3-1-2-4-6-7;3-1-2-4/h34H,3-33H2,1-2H3;33,36H,3-32H2,1-2H3;1-6H2;1-6H2;2H,1H2. The van der Waals surface area contributed by atoms with E-state index >= 15 is 0 Å². The summed E-state index contributed by atoms with van der Waals surface area (Å²) in [7, 11) is 0. The predicted octanol–water partition coefficient (Wildman–Crippen LogP) is 25.8. The number of Topliss-reactive ketones (excluding diaryl/α,β-unsaturated/α-hetero) is 1. The molecule has 2 aliphatic rings. The number of hydrogen-bond donors (Lipinski definition) is 1. The molecule has 2 fully saturated rings. The molecule has 620 valence electrons.